The number of carboxylic acids is 1. The standard InChI is InChI=1S/C19H33N3O6/c1-12(2)11-27-19(26)22(28-17(25)13(3)4)18(20)21(5)15(16(23)24)14-9-7-6-8-10-14/h12-15,20H,6-11H2,1-5H3,(H,23,24). The van der Waals surface area contributed by atoms with Crippen molar-refractivity contribution in [3.05, 3.63) is 0 Å². The molecule has 1 atom stereocenters. The molecule has 0 heterocycles. The first-order valence-electron chi connectivity index (χ1n) is 9.79. The predicted octanol–water partition coefficient (Wildman–Crippen LogP) is 3.10. The van der Waals surface area contributed by atoms with Crippen LogP contribution in [0.5, 0.6) is 0 Å². The van der Waals surface area contributed by atoms with Gasteiger partial charge in [0.25, 0.3) is 0 Å². The summed E-state index contributed by atoms with van der Waals surface area (Å²) in [7, 11) is 1.42. The lowest BCUT2D eigenvalue weighted by molar-refractivity contribution is -0.174. The Bertz CT molecular complexity index is 572. The number of nitrogens with one attached hydrogen (secondary N) is 1. The second-order valence-electron chi connectivity index (χ2n) is 7.95. The third kappa shape index (κ3) is 6.69. The zero-order valence-corrected chi connectivity index (χ0v) is 17.4. The van der Waals surface area contributed by atoms with Crippen molar-refractivity contribution >= 4 is 24.0 Å². The molecule has 1 unspecified atom stereocenters. The van der Waals surface area contributed by atoms with Gasteiger partial charge < -0.3 is 19.6 Å². The summed E-state index contributed by atoms with van der Waals surface area (Å²) in [6, 6.07) is -0.994. The van der Waals surface area contributed by atoms with E-state index in [-0.39, 0.29) is 18.4 Å². The van der Waals surface area contributed by atoms with Crippen molar-refractivity contribution < 1.29 is 29.1 Å². The van der Waals surface area contributed by atoms with E-state index in [2.05, 4.69) is 0 Å². The van der Waals surface area contributed by atoms with Crippen LogP contribution < -0.4 is 0 Å². The van der Waals surface area contributed by atoms with E-state index in [1.165, 1.54) is 11.9 Å². The molecule has 0 aromatic rings. The molecular weight excluding hydrogens is 366 g/mol. The first kappa shape index (κ1) is 23.7. The van der Waals surface area contributed by atoms with Gasteiger partial charge in [0.05, 0.1) is 12.5 Å². The molecule has 1 aliphatic rings. The minimum atomic E-state index is -1.08. The van der Waals surface area contributed by atoms with Crippen LogP contribution in [-0.2, 0) is 19.2 Å². The maximum absolute atomic E-state index is 12.4. The van der Waals surface area contributed by atoms with E-state index in [9.17, 15) is 19.5 Å². The molecule has 1 amide bonds. The summed E-state index contributed by atoms with van der Waals surface area (Å²) in [5, 5.41) is 18.5. The fourth-order valence-electron chi connectivity index (χ4n) is 3.07. The van der Waals surface area contributed by atoms with Gasteiger partial charge in [-0.1, -0.05) is 52.0 Å². The number of carbonyl (C=O) groups excluding carboxylic acids is 2. The molecule has 2 N–H and O–H groups in total. The fraction of sp³-hybridized carbons (Fsp3) is 0.789. The van der Waals surface area contributed by atoms with Gasteiger partial charge in [0, 0.05) is 7.05 Å². The number of hydrogen-bond donors (Lipinski definition) is 2. The zero-order valence-electron chi connectivity index (χ0n) is 17.4. The number of carboxylic acid groups (broad SMARTS) is 1. The van der Waals surface area contributed by atoms with Crippen LogP contribution in [0.25, 0.3) is 0 Å². The average molecular weight is 399 g/mol. The summed E-state index contributed by atoms with van der Waals surface area (Å²) >= 11 is 0. The molecule has 1 saturated carbocycles. The number of ether oxygens (including phenoxy) is 1. The molecule has 0 bridgehead atoms. The minimum Gasteiger partial charge on any atom is -0.480 e. The zero-order chi connectivity index (χ0) is 21.4. The predicted molar refractivity (Wildman–Crippen MR) is 102 cm³/mol. The fourth-order valence-corrected chi connectivity index (χ4v) is 3.07. The van der Waals surface area contributed by atoms with Crippen LogP contribution in [0.1, 0.15) is 59.8 Å². The number of aliphatic carboxylic acids is 1. The van der Waals surface area contributed by atoms with Crippen molar-refractivity contribution in [2.75, 3.05) is 13.7 Å². The first-order valence-corrected chi connectivity index (χ1v) is 9.79. The van der Waals surface area contributed by atoms with Crippen molar-refractivity contribution in [3.63, 3.8) is 0 Å². The van der Waals surface area contributed by atoms with Crippen molar-refractivity contribution in [1.82, 2.24) is 9.96 Å². The lowest BCUT2D eigenvalue weighted by atomic mass is 9.83. The van der Waals surface area contributed by atoms with Crippen LogP contribution in [0.15, 0.2) is 0 Å². The summed E-state index contributed by atoms with van der Waals surface area (Å²) in [6.45, 7) is 6.96. The highest BCUT2D eigenvalue weighted by Crippen LogP contribution is 2.29. The lowest BCUT2D eigenvalue weighted by Gasteiger charge is -2.36. The molecule has 9 nitrogen and oxygen atoms in total. The number of carbonyl (C=O) groups is 3. The second-order valence-corrected chi connectivity index (χ2v) is 7.95. The molecule has 0 saturated heterocycles. The van der Waals surface area contributed by atoms with Crippen LogP contribution in [0.2, 0.25) is 0 Å². The van der Waals surface area contributed by atoms with Crippen LogP contribution >= 0.6 is 0 Å². The SMILES string of the molecule is CC(C)COC(=O)N(OC(=O)C(C)C)C(=N)N(C)C(C(=O)O)C1CCCCC1. The first-order chi connectivity index (χ1) is 13.1. The number of rotatable bonds is 6. The Morgan fingerprint density at radius 1 is 1.11 bits per heavy atom. The summed E-state index contributed by atoms with van der Waals surface area (Å²) in [5.41, 5.74) is 0. The Morgan fingerprint density at radius 3 is 2.14 bits per heavy atom. The molecule has 0 aromatic heterocycles. The van der Waals surface area contributed by atoms with Crippen molar-refractivity contribution in [1.29, 1.82) is 5.41 Å². The number of hydroxylamine groups is 2. The van der Waals surface area contributed by atoms with E-state index in [1.807, 2.05) is 13.8 Å². The van der Waals surface area contributed by atoms with E-state index in [0.717, 1.165) is 32.1 Å². The number of hydrogen-bond acceptors (Lipinski definition) is 6. The Balaban J connectivity index is 3.03. The van der Waals surface area contributed by atoms with E-state index < -0.39 is 36.0 Å². The largest absolute Gasteiger partial charge is 0.480 e. The molecule has 9 heteroatoms. The number of likely N-dealkylation sites (N-methyl/N-ethyl adjacent to an activating group) is 1. The van der Waals surface area contributed by atoms with Crippen molar-refractivity contribution in [2.45, 2.75) is 65.8 Å². The molecular formula is C19H33N3O6. The summed E-state index contributed by atoms with van der Waals surface area (Å²) < 4.78 is 5.10. The minimum absolute atomic E-state index is 0.0486. The normalized spacial score (nSPS) is 15.8. The lowest BCUT2D eigenvalue weighted by Crippen LogP contribution is -2.54. The van der Waals surface area contributed by atoms with Gasteiger partial charge in [-0.3, -0.25) is 5.41 Å². The molecule has 0 spiro atoms. The summed E-state index contributed by atoms with van der Waals surface area (Å²) in [6.07, 6.45) is 3.36. The molecule has 28 heavy (non-hydrogen) atoms. The topological polar surface area (TPSA) is 120 Å². The van der Waals surface area contributed by atoms with Gasteiger partial charge in [-0.05, 0) is 24.7 Å². The second kappa shape index (κ2) is 10.9. The molecule has 0 radical (unpaired) electrons. The molecule has 160 valence electrons. The molecule has 1 rings (SSSR count). The van der Waals surface area contributed by atoms with Crippen molar-refractivity contribution in [2.24, 2.45) is 17.8 Å². The maximum Gasteiger partial charge on any atom is 0.451 e. The maximum atomic E-state index is 12.4. The number of guanidine groups is 1. The van der Waals surface area contributed by atoms with Gasteiger partial charge in [-0.15, -0.1) is 0 Å². The van der Waals surface area contributed by atoms with Crippen LogP contribution in [0, 0.1) is 23.2 Å². The van der Waals surface area contributed by atoms with E-state index >= 15 is 0 Å². The van der Waals surface area contributed by atoms with E-state index in [4.69, 9.17) is 15.0 Å². The van der Waals surface area contributed by atoms with Gasteiger partial charge in [0.2, 0.25) is 5.96 Å². The smallest absolute Gasteiger partial charge is 0.451 e. The quantitative estimate of drug-likeness (QED) is 0.400. The van der Waals surface area contributed by atoms with Gasteiger partial charge in [0.1, 0.15) is 6.04 Å². The number of amides is 1. The highest BCUT2D eigenvalue weighted by Gasteiger charge is 2.38. The van der Waals surface area contributed by atoms with Gasteiger partial charge >= 0.3 is 18.0 Å². The Kier molecular flexibility index (Phi) is 9.21. The molecule has 1 aliphatic carbocycles. The molecule has 1 fully saturated rings. The van der Waals surface area contributed by atoms with Crippen LogP contribution in [0.3, 0.4) is 0 Å². The highest BCUT2D eigenvalue weighted by molar-refractivity contribution is 5.94. The van der Waals surface area contributed by atoms with Gasteiger partial charge in [-0.25, -0.2) is 14.4 Å². The van der Waals surface area contributed by atoms with Crippen LogP contribution in [-0.4, -0.2) is 58.8 Å². The third-order valence-electron chi connectivity index (χ3n) is 4.65. The summed E-state index contributed by atoms with van der Waals surface area (Å²) in [4.78, 5) is 42.6. The van der Waals surface area contributed by atoms with Crippen LogP contribution in [0.4, 0.5) is 4.79 Å². The van der Waals surface area contributed by atoms with Gasteiger partial charge in [0.15, 0.2) is 0 Å². The molecule has 0 aromatic carbocycles. The summed E-state index contributed by atoms with van der Waals surface area (Å²) in [5.74, 6) is -2.97. The van der Waals surface area contributed by atoms with E-state index in [0.29, 0.717) is 5.06 Å². The highest BCUT2D eigenvalue weighted by atomic mass is 16.8. The van der Waals surface area contributed by atoms with Crippen molar-refractivity contribution in [3.8, 4) is 0 Å². The third-order valence-corrected chi connectivity index (χ3v) is 4.65. The Morgan fingerprint density at radius 2 is 1.68 bits per heavy atom. The number of nitrogens with zero attached hydrogens (tertiary/aromatic N) is 2. The Hall–Kier alpha value is -2.32. The van der Waals surface area contributed by atoms with E-state index in [1.54, 1.807) is 13.8 Å². The Labute approximate surface area is 166 Å². The monoisotopic (exact) mass is 399 g/mol. The average Bonchev–Trinajstić information content (AvgIpc) is 2.63. The van der Waals surface area contributed by atoms with Gasteiger partial charge in [-0.2, -0.15) is 0 Å². The molecule has 0 aliphatic heterocycles.